The standard InChI is InChI=1S/C11H7FO2/c1-6-2-3-7-8(4-6)11(14)9(12)5-10(7)13/h2-5H,1H3. The van der Waals surface area contributed by atoms with Gasteiger partial charge in [0.15, 0.2) is 11.6 Å². The maximum absolute atomic E-state index is 12.9. The molecule has 0 amide bonds. The van der Waals surface area contributed by atoms with Gasteiger partial charge in [0, 0.05) is 17.2 Å². The second kappa shape index (κ2) is 2.87. The summed E-state index contributed by atoms with van der Waals surface area (Å²) in [5, 5.41) is 0. The molecule has 0 bridgehead atoms. The van der Waals surface area contributed by atoms with Crippen LogP contribution >= 0.6 is 0 Å². The zero-order valence-electron chi connectivity index (χ0n) is 7.50. The van der Waals surface area contributed by atoms with Crippen molar-refractivity contribution in [2.75, 3.05) is 0 Å². The number of Topliss-reactive ketones (excluding diaryl/α,β-unsaturated/α-hetero) is 1. The first-order chi connectivity index (χ1) is 6.59. The lowest BCUT2D eigenvalue weighted by Gasteiger charge is -2.10. The highest BCUT2D eigenvalue weighted by Gasteiger charge is 2.25. The summed E-state index contributed by atoms with van der Waals surface area (Å²) in [7, 11) is 0. The van der Waals surface area contributed by atoms with Gasteiger partial charge in [-0.15, -0.1) is 0 Å². The molecule has 3 heteroatoms. The Morgan fingerprint density at radius 2 is 1.86 bits per heavy atom. The van der Waals surface area contributed by atoms with Crippen LogP contribution < -0.4 is 0 Å². The number of aryl methyl sites for hydroxylation is 1. The number of benzene rings is 1. The summed E-state index contributed by atoms with van der Waals surface area (Å²) in [6.07, 6.45) is 0.736. The first-order valence-corrected chi connectivity index (χ1v) is 4.16. The molecule has 1 aliphatic rings. The van der Waals surface area contributed by atoms with Gasteiger partial charge in [-0.2, -0.15) is 0 Å². The van der Waals surface area contributed by atoms with Gasteiger partial charge in [0.05, 0.1) is 0 Å². The Kier molecular flexibility index (Phi) is 1.81. The minimum atomic E-state index is -0.979. The summed E-state index contributed by atoms with van der Waals surface area (Å²) in [6.45, 7) is 1.79. The van der Waals surface area contributed by atoms with Crippen molar-refractivity contribution in [3.63, 3.8) is 0 Å². The zero-order valence-corrected chi connectivity index (χ0v) is 7.50. The van der Waals surface area contributed by atoms with Crippen LogP contribution in [0.1, 0.15) is 26.3 Å². The van der Waals surface area contributed by atoms with E-state index in [1.165, 1.54) is 6.07 Å². The summed E-state index contributed by atoms with van der Waals surface area (Å²) in [5.41, 5.74) is 1.27. The van der Waals surface area contributed by atoms with Crippen LogP contribution in [-0.2, 0) is 0 Å². The molecule has 1 aromatic rings. The normalized spacial score (nSPS) is 15.1. The fourth-order valence-corrected chi connectivity index (χ4v) is 1.45. The molecule has 0 atom stereocenters. The van der Waals surface area contributed by atoms with E-state index in [9.17, 15) is 14.0 Å². The monoisotopic (exact) mass is 190 g/mol. The molecule has 14 heavy (non-hydrogen) atoms. The van der Waals surface area contributed by atoms with E-state index >= 15 is 0 Å². The minimum Gasteiger partial charge on any atom is -0.289 e. The van der Waals surface area contributed by atoms with Crippen LogP contribution in [0.2, 0.25) is 0 Å². The van der Waals surface area contributed by atoms with Crippen LogP contribution in [-0.4, -0.2) is 11.6 Å². The van der Waals surface area contributed by atoms with E-state index in [2.05, 4.69) is 0 Å². The second-order valence-electron chi connectivity index (χ2n) is 3.23. The molecule has 0 fully saturated rings. The molecule has 0 spiro atoms. The Morgan fingerprint density at radius 1 is 1.14 bits per heavy atom. The third kappa shape index (κ3) is 1.18. The van der Waals surface area contributed by atoms with Gasteiger partial charge in [-0.05, 0) is 13.0 Å². The molecular weight excluding hydrogens is 183 g/mol. The van der Waals surface area contributed by atoms with E-state index in [4.69, 9.17) is 0 Å². The molecule has 2 nitrogen and oxygen atoms in total. The fraction of sp³-hybridized carbons (Fsp3) is 0.0909. The van der Waals surface area contributed by atoms with Crippen molar-refractivity contribution in [3.05, 3.63) is 46.8 Å². The van der Waals surface area contributed by atoms with Gasteiger partial charge in [0.2, 0.25) is 5.78 Å². The molecule has 0 heterocycles. The van der Waals surface area contributed by atoms with Gasteiger partial charge in [0.25, 0.3) is 0 Å². The van der Waals surface area contributed by atoms with Crippen molar-refractivity contribution >= 4 is 11.6 Å². The van der Waals surface area contributed by atoms with Crippen LogP contribution in [0.25, 0.3) is 0 Å². The van der Waals surface area contributed by atoms with Crippen LogP contribution in [0.4, 0.5) is 4.39 Å². The second-order valence-corrected chi connectivity index (χ2v) is 3.23. The number of fused-ring (bicyclic) bond motifs is 1. The number of carbonyl (C=O) groups is 2. The molecule has 2 rings (SSSR count). The van der Waals surface area contributed by atoms with Crippen molar-refractivity contribution in [3.8, 4) is 0 Å². The molecule has 0 aromatic heterocycles. The first kappa shape index (κ1) is 8.81. The van der Waals surface area contributed by atoms with Crippen molar-refractivity contribution in [2.45, 2.75) is 6.92 Å². The number of halogens is 1. The van der Waals surface area contributed by atoms with Gasteiger partial charge in [-0.1, -0.05) is 17.7 Å². The third-order valence-electron chi connectivity index (χ3n) is 2.16. The molecule has 0 unspecified atom stereocenters. The summed E-state index contributed by atoms with van der Waals surface area (Å²) in [4.78, 5) is 22.6. The number of hydrogen-bond acceptors (Lipinski definition) is 2. The highest BCUT2D eigenvalue weighted by atomic mass is 19.1. The van der Waals surface area contributed by atoms with Gasteiger partial charge < -0.3 is 0 Å². The lowest BCUT2D eigenvalue weighted by Crippen LogP contribution is -2.14. The molecule has 1 aromatic carbocycles. The SMILES string of the molecule is Cc1ccc2c(c1)C(=O)C(F)=CC2=O. The van der Waals surface area contributed by atoms with E-state index in [1.807, 2.05) is 0 Å². The summed E-state index contributed by atoms with van der Waals surface area (Å²) >= 11 is 0. The summed E-state index contributed by atoms with van der Waals surface area (Å²) < 4.78 is 12.9. The number of rotatable bonds is 0. The Morgan fingerprint density at radius 3 is 2.57 bits per heavy atom. The Hall–Kier alpha value is -1.77. The van der Waals surface area contributed by atoms with Crippen LogP contribution in [0.5, 0.6) is 0 Å². The average molecular weight is 190 g/mol. The summed E-state index contributed by atoms with van der Waals surface area (Å²) in [5.74, 6) is -2.13. The van der Waals surface area contributed by atoms with Crippen molar-refractivity contribution in [1.29, 1.82) is 0 Å². The quantitative estimate of drug-likeness (QED) is 0.628. The number of carbonyl (C=O) groups excluding carboxylic acids is 2. The largest absolute Gasteiger partial charge is 0.289 e. The van der Waals surface area contributed by atoms with Crippen molar-refractivity contribution in [1.82, 2.24) is 0 Å². The molecule has 70 valence electrons. The van der Waals surface area contributed by atoms with E-state index < -0.39 is 17.4 Å². The predicted molar refractivity (Wildman–Crippen MR) is 49.0 cm³/mol. The lowest BCUT2D eigenvalue weighted by atomic mass is 9.93. The van der Waals surface area contributed by atoms with E-state index in [-0.39, 0.29) is 11.1 Å². The predicted octanol–water partition coefficient (Wildman–Crippen LogP) is 2.23. The molecule has 1 aliphatic carbocycles. The highest BCUT2D eigenvalue weighted by molar-refractivity contribution is 6.23. The van der Waals surface area contributed by atoms with Gasteiger partial charge >= 0.3 is 0 Å². The van der Waals surface area contributed by atoms with Crippen LogP contribution in [0, 0.1) is 6.92 Å². The van der Waals surface area contributed by atoms with Gasteiger partial charge in [-0.3, -0.25) is 9.59 Å². The zero-order chi connectivity index (χ0) is 10.3. The molecule has 0 saturated carbocycles. The van der Waals surface area contributed by atoms with E-state index in [1.54, 1.807) is 19.1 Å². The van der Waals surface area contributed by atoms with Crippen LogP contribution in [0.3, 0.4) is 0 Å². The molecule has 0 aliphatic heterocycles. The molecular formula is C11H7FO2. The van der Waals surface area contributed by atoms with E-state index in [0.717, 1.165) is 11.6 Å². The Bertz CT molecular complexity index is 472. The molecule has 0 saturated heterocycles. The van der Waals surface area contributed by atoms with Crippen LogP contribution in [0.15, 0.2) is 30.1 Å². The number of hydrogen-bond donors (Lipinski definition) is 0. The number of ketones is 2. The topological polar surface area (TPSA) is 34.1 Å². The maximum atomic E-state index is 12.9. The first-order valence-electron chi connectivity index (χ1n) is 4.16. The minimum absolute atomic E-state index is 0.162. The van der Waals surface area contributed by atoms with Gasteiger partial charge in [0.1, 0.15) is 0 Å². The van der Waals surface area contributed by atoms with Crippen molar-refractivity contribution in [2.24, 2.45) is 0 Å². The smallest absolute Gasteiger partial charge is 0.222 e. The average Bonchev–Trinajstić information content (AvgIpc) is 2.14. The van der Waals surface area contributed by atoms with Gasteiger partial charge in [-0.25, -0.2) is 4.39 Å². The third-order valence-corrected chi connectivity index (χ3v) is 2.16. The number of allylic oxidation sites excluding steroid dienone is 2. The van der Waals surface area contributed by atoms with Crippen molar-refractivity contribution < 1.29 is 14.0 Å². The van der Waals surface area contributed by atoms with E-state index in [0.29, 0.717) is 0 Å². The molecule has 0 radical (unpaired) electrons. The maximum Gasteiger partial charge on any atom is 0.222 e. The molecule has 0 N–H and O–H groups in total. The lowest BCUT2D eigenvalue weighted by molar-refractivity contribution is 0.0963. The Labute approximate surface area is 80.0 Å². The fourth-order valence-electron chi connectivity index (χ4n) is 1.45. The highest BCUT2D eigenvalue weighted by Crippen LogP contribution is 2.22. The Balaban J connectivity index is 2.69. The summed E-state index contributed by atoms with van der Waals surface area (Å²) in [6, 6.07) is 4.80.